The largest absolute Gasteiger partial charge is 0.495 e. The molecule has 0 aliphatic rings. The summed E-state index contributed by atoms with van der Waals surface area (Å²) in [5.74, 6) is -0.778. The molecule has 1 amide bonds. The van der Waals surface area contributed by atoms with Crippen LogP contribution in [0, 0.1) is 13.8 Å². The van der Waals surface area contributed by atoms with Crippen LogP contribution >= 0.6 is 11.6 Å². The summed E-state index contributed by atoms with van der Waals surface area (Å²) in [6.07, 6.45) is 0.546. The number of nitrogens with zero attached hydrogens (tertiary/aromatic N) is 1. The number of carbonyl (C=O) groups is 2. The van der Waals surface area contributed by atoms with Crippen LogP contribution < -0.4 is 15.7 Å². The first-order valence-corrected chi connectivity index (χ1v) is 9.82. The summed E-state index contributed by atoms with van der Waals surface area (Å²) < 4.78 is 12.0. The second-order valence-electron chi connectivity index (χ2n) is 6.96. The molecule has 0 saturated heterocycles. The number of aromatic amines is 1. The molecule has 8 nitrogen and oxygen atoms in total. The van der Waals surface area contributed by atoms with Gasteiger partial charge in [0.05, 0.1) is 24.0 Å². The molecule has 162 valence electrons. The number of amides is 1. The maximum Gasteiger partial charge on any atom is 0.338 e. The van der Waals surface area contributed by atoms with Gasteiger partial charge in [-0.1, -0.05) is 11.6 Å². The molecule has 0 bridgehead atoms. The number of hydrogen-bond donors (Lipinski definition) is 2. The van der Waals surface area contributed by atoms with Crippen molar-refractivity contribution in [3.8, 4) is 11.4 Å². The van der Waals surface area contributed by atoms with Crippen LogP contribution in [0.25, 0.3) is 5.69 Å². The van der Waals surface area contributed by atoms with Crippen molar-refractivity contribution in [1.29, 1.82) is 0 Å². The quantitative estimate of drug-likeness (QED) is 0.566. The molecular weight excluding hydrogens is 422 g/mol. The second-order valence-corrected chi connectivity index (χ2v) is 7.36. The number of hydrogen-bond acceptors (Lipinski definition) is 5. The molecule has 3 aromatic rings. The SMILES string of the molecule is COc1cc(Cl)c(C)cc1NC(=O)C(C)OC(=O)c1ccc(-n2c(C)c[nH]c2=O)cc1. The van der Waals surface area contributed by atoms with Gasteiger partial charge in [0.15, 0.2) is 6.10 Å². The topological polar surface area (TPSA) is 102 Å². The molecule has 1 atom stereocenters. The van der Waals surface area contributed by atoms with Crippen LogP contribution in [-0.4, -0.2) is 34.6 Å². The van der Waals surface area contributed by atoms with Crippen molar-refractivity contribution < 1.29 is 19.1 Å². The number of benzene rings is 2. The molecule has 0 aliphatic heterocycles. The third kappa shape index (κ3) is 4.80. The monoisotopic (exact) mass is 443 g/mol. The molecule has 0 aliphatic carbocycles. The lowest BCUT2D eigenvalue weighted by molar-refractivity contribution is -0.123. The zero-order chi connectivity index (χ0) is 22.7. The first-order chi connectivity index (χ1) is 14.7. The highest BCUT2D eigenvalue weighted by molar-refractivity contribution is 6.31. The number of imidazole rings is 1. The Morgan fingerprint density at radius 1 is 1.16 bits per heavy atom. The maximum absolute atomic E-state index is 12.5. The van der Waals surface area contributed by atoms with Crippen LogP contribution in [0.1, 0.15) is 28.5 Å². The van der Waals surface area contributed by atoms with E-state index in [1.165, 1.54) is 30.7 Å². The molecule has 0 fully saturated rings. The van der Waals surface area contributed by atoms with E-state index in [0.29, 0.717) is 22.1 Å². The van der Waals surface area contributed by atoms with Crippen molar-refractivity contribution in [3.05, 3.63) is 74.9 Å². The van der Waals surface area contributed by atoms with Crippen molar-refractivity contribution in [2.24, 2.45) is 0 Å². The van der Waals surface area contributed by atoms with E-state index in [1.54, 1.807) is 44.3 Å². The van der Waals surface area contributed by atoms with Gasteiger partial charge in [-0.15, -0.1) is 0 Å². The number of nitrogens with one attached hydrogen (secondary N) is 2. The predicted octanol–water partition coefficient (Wildman–Crippen LogP) is 3.63. The second kappa shape index (κ2) is 9.09. The minimum atomic E-state index is -1.05. The van der Waals surface area contributed by atoms with Crippen LogP contribution in [0.2, 0.25) is 5.02 Å². The molecular formula is C22H22ClN3O5. The molecule has 9 heteroatoms. The van der Waals surface area contributed by atoms with E-state index in [2.05, 4.69) is 10.3 Å². The van der Waals surface area contributed by atoms with Gasteiger partial charge in [-0.25, -0.2) is 9.59 Å². The van der Waals surface area contributed by atoms with Crippen LogP contribution in [0.3, 0.4) is 0 Å². The van der Waals surface area contributed by atoms with E-state index >= 15 is 0 Å². The Hall–Kier alpha value is -3.52. The summed E-state index contributed by atoms with van der Waals surface area (Å²) in [5, 5.41) is 3.19. The predicted molar refractivity (Wildman–Crippen MR) is 117 cm³/mol. The highest BCUT2D eigenvalue weighted by Crippen LogP contribution is 2.31. The number of anilines is 1. The number of ether oxygens (including phenoxy) is 2. The maximum atomic E-state index is 12.5. The van der Waals surface area contributed by atoms with Gasteiger partial charge in [-0.05, 0) is 56.7 Å². The number of rotatable bonds is 6. The van der Waals surface area contributed by atoms with Crippen molar-refractivity contribution in [1.82, 2.24) is 9.55 Å². The standard InChI is InChI=1S/C22H22ClN3O5/c1-12-9-18(19(30-4)10-17(12)23)25-20(27)14(3)31-21(28)15-5-7-16(8-6-15)26-13(2)11-24-22(26)29/h5-11,14H,1-4H3,(H,24,29)(H,25,27). The van der Waals surface area contributed by atoms with Crippen molar-refractivity contribution in [2.75, 3.05) is 12.4 Å². The average molecular weight is 444 g/mol. The fourth-order valence-electron chi connectivity index (χ4n) is 2.97. The van der Waals surface area contributed by atoms with Gasteiger partial charge < -0.3 is 19.8 Å². The van der Waals surface area contributed by atoms with E-state index in [0.717, 1.165) is 11.3 Å². The van der Waals surface area contributed by atoms with Gasteiger partial charge in [0.2, 0.25) is 0 Å². The third-order valence-electron chi connectivity index (χ3n) is 4.71. The molecule has 2 aromatic carbocycles. The Balaban J connectivity index is 1.68. The van der Waals surface area contributed by atoms with Crippen LogP contribution in [0.4, 0.5) is 5.69 Å². The van der Waals surface area contributed by atoms with Gasteiger partial charge in [0.1, 0.15) is 5.75 Å². The van der Waals surface area contributed by atoms with E-state index in [-0.39, 0.29) is 11.3 Å². The van der Waals surface area contributed by atoms with E-state index in [1.807, 2.05) is 0 Å². The summed E-state index contributed by atoms with van der Waals surface area (Å²) in [6.45, 7) is 5.06. The van der Waals surface area contributed by atoms with Gasteiger partial charge in [-0.2, -0.15) is 0 Å². The Kier molecular flexibility index (Phi) is 6.50. The summed E-state index contributed by atoms with van der Waals surface area (Å²) in [7, 11) is 1.47. The molecule has 0 radical (unpaired) electrons. The Morgan fingerprint density at radius 2 is 1.84 bits per heavy atom. The highest BCUT2D eigenvalue weighted by atomic mass is 35.5. The minimum Gasteiger partial charge on any atom is -0.495 e. The lowest BCUT2D eigenvalue weighted by Gasteiger charge is -2.16. The number of esters is 1. The van der Waals surface area contributed by atoms with Crippen LogP contribution in [0.15, 0.2) is 47.4 Å². The number of methoxy groups -OCH3 is 1. The van der Waals surface area contributed by atoms with Crippen molar-refractivity contribution in [2.45, 2.75) is 26.9 Å². The Bertz CT molecular complexity index is 1180. The summed E-state index contributed by atoms with van der Waals surface area (Å²) in [6, 6.07) is 9.61. The smallest absolute Gasteiger partial charge is 0.338 e. The normalized spacial score (nSPS) is 11.6. The van der Waals surface area contributed by atoms with Crippen LogP contribution in [-0.2, 0) is 9.53 Å². The van der Waals surface area contributed by atoms with Gasteiger partial charge in [0.25, 0.3) is 5.91 Å². The molecule has 1 aromatic heterocycles. The summed E-state index contributed by atoms with van der Waals surface area (Å²) in [4.78, 5) is 39.4. The molecule has 3 rings (SSSR count). The van der Waals surface area contributed by atoms with Gasteiger partial charge in [-0.3, -0.25) is 9.36 Å². The number of aromatic nitrogens is 2. The number of halogens is 1. The van der Waals surface area contributed by atoms with Crippen molar-refractivity contribution in [3.63, 3.8) is 0 Å². The molecule has 0 saturated carbocycles. The fraction of sp³-hybridized carbons (Fsp3) is 0.227. The lowest BCUT2D eigenvalue weighted by Crippen LogP contribution is -2.30. The fourth-order valence-corrected chi connectivity index (χ4v) is 3.12. The van der Waals surface area contributed by atoms with E-state index in [4.69, 9.17) is 21.1 Å². The van der Waals surface area contributed by atoms with Gasteiger partial charge in [0, 0.05) is 23.0 Å². The molecule has 0 spiro atoms. The molecule has 1 heterocycles. The molecule has 2 N–H and O–H groups in total. The Labute approximate surface area is 183 Å². The zero-order valence-corrected chi connectivity index (χ0v) is 18.2. The first-order valence-electron chi connectivity index (χ1n) is 9.44. The lowest BCUT2D eigenvalue weighted by atomic mass is 10.2. The van der Waals surface area contributed by atoms with E-state index < -0.39 is 18.0 Å². The average Bonchev–Trinajstić information content (AvgIpc) is 3.08. The number of H-pyrrole nitrogens is 1. The van der Waals surface area contributed by atoms with E-state index in [9.17, 15) is 14.4 Å². The first kappa shape index (κ1) is 22.2. The summed E-state index contributed by atoms with van der Waals surface area (Å²) >= 11 is 6.08. The minimum absolute atomic E-state index is 0.254. The zero-order valence-electron chi connectivity index (χ0n) is 17.5. The molecule has 31 heavy (non-hydrogen) atoms. The number of aryl methyl sites for hydroxylation is 2. The van der Waals surface area contributed by atoms with Crippen LogP contribution in [0.5, 0.6) is 5.75 Å². The van der Waals surface area contributed by atoms with Crippen molar-refractivity contribution >= 4 is 29.2 Å². The Morgan fingerprint density at radius 3 is 2.42 bits per heavy atom. The third-order valence-corrected chi connectivity index (χ3v) is 5.12. The number of carbonyl (C=O) groups excluding carboxylic acids is 2. The summed E-state index contributed by atoms with van der Waals surface area (Å²) in [5.41, 5.74) is 2.51. The highest BCUT2D eigenvalue weighted by Gasteiger charge is 2.21. The molecule has 1 unspecified atom stereocenters. The van der Waals surface area contributed by atoms with Gasteiger partial charge >= 0.3 is 11.7 Å².